The van der Waals surface area contributed by atoms with Gasteiger partial charge < -0.3 is 5.32 Å². The average molecular weight is 183 g/mol. The monoisotopic (exact) mass is 183 g/mol. The molecule has 0 aliphatic carbocycles. The van der Waals surface area contributed by atoms with Crippen LogP contribution in [0.1, 0.15) is 11.1 Å². The lowest BCUT2D eigenvalue weighted by Gasteiger charge is -2.06. The van der Waals surface area contributed by atoms with Crippen molar-refractivity contribution in [2.75, 3.05) is 13.1 Å². The zero-order valence-electron chi connectivity index (χ0n) is 7.24. The Balaban J connectivity index is 2.48. The second-order valence-electron chi connectivity index (χ2n) is 3.25. The Kier molecular flexibility index (Phi) is 2.27. The molecule has 0 amide bonds. The van der Waals surface area contributed by atoms with Crippen molar-refractivity contribution < 1.29 is 8.78 Å². The number of benzene rings is 1. The zero-order valence-corrected chi connectivity index (χ0v) is 7.24. The Morgan fingerprint density at radius 3 is 2.69 bits per heavy atom. The predicted octanol–water partition coefficient (Wildman–Crippen LogP) is 1.65. The smallest absolute Gasteiger partial charge is 0.162 e. The van der Waals surface area contributed by atoms with Crippen LogP contribution in [0.3, 0.4) is 0 Å². The summed E-state index contributed by atoms with van der Waals surface area (Å²) in [5.41, 5.74) is 1.48. The lowest BCUT2D eigenvalue weighted by molar-refractivity contribution is 0.497. The summed E-state index contributed by atoms with van der Waals surface area (Å²) in [7, 11) is 0. The van der Waals surface area contributed by atoms with E-state index in [-0.39, 0.29) is 0 Å². The van der Waals surface area contributed by atoms with Gasteiger partial charge >= 0.3 is 0 Å². The molecule has 0 radical (unpaired) electrons. The van der Waals surface area contributed by atoms with Crippen molar-refractivity contribution in [3.8, 4) is 0 Å². The largest absolute Gasteiger partial charge is 0.316 e. The van der Waals surface area contributed by atoms with Crippen LogP contribution in [0.15, 0.2) is 12.1 Å². The van der Waals surface area contributed by atoms with E-state index >= 15 is 0 Å². The number of nitrogens with one attached hydrogen (secondary N) is 1. The van der Waals surface area contributed by atoms with Crippen molar-refractivity contribution in [3.63, 3.8) is 0 Å². The summed E-state index contributed by atoms with van der Waals surface area (Å²) < 4.78 is 26.1. The number of hydrogen-bond acceptors (Lipinski definition) is 1. The molecule has 1 aliphatic heterocycles. The minimum atomic E-state index is -0.736. The normalized spacial score (nSPS) is 16.5. The first-order chi connectivity index (χ1) is 6.29. The van der Waals surface area contributed by atoms with Gasteiger partial charge in [0.05, 0.1) is 0 Å². The van der Waals surface area contributed by atoms with Crippen LogP contribution < -0.4 is 5.32 Å². The fraction of sp³-hybridized carbons (Fsp3) is 0.400. The molecule has 0 spiro atoms. The minimum Gasteiger partial charge on any atom is -0.316 e. The summed E-state index contributed by atoms with van der Waals surface area (Å²) in [6, 6.07) is 2.89. The molecule has 1 heterocycles. The Morgan fingerprint density at radius 2 is 1.85 bits per heavy atom. The molecular formula is C10H11F2N. The average Bonchev–Trinajstić information content (AvgIpc) is 2.36. The number of rotatable bonds is 0. The highest BCUT2D eigenvalue weighted by atomic mass is 19.2. The van der Waals surface area contributed by atoms with E-state index in [2.05, 4.69) is 5.32 Å². The molecule has 1 aromatic carbocycles. The van der Waals surface area contributed by atoms with E-state index in [4.69, 9.17) is 0 Å². The fourth-order valence-corrected chi connectivity index (χ4v) is 1.70. The van der Waals surface area contributed by atoms with E-state index in [1.54, 1.807) is 6.07 Å². The molecule has 3 heteroatoms. The van der Waals surface area contributed by atoms with E-state index in [1.165, 1.54) is 6.07 Å². The fourth-order valence-electron chi connectivity index (χ4n) is 1.70. The SMILES string of the molecule is Fc1ccc2c(c1F)CCNCC2. The van der Waals surface area contributed by atoms with Crippen molar-refractivity contribution in [3.05, 3.63) is 34.9 Å². The van der Waals surface area contributed by atoms with Gasteiger partial charge in [-0.25, -0.2) is 8.78 Å². The van der Waals surface area contributed by atoms with Gasteiger partial charge in [0.2, 0.25) is 0 Å². The molecule has 2 rings (SSSR count). The summed E-state index contributed by atoms with van der Waals surface area (Å²) >= 11 is 0. The number of fused-ring (bicyclic) bond motifs is 1. The number of halogens is 2. The molecule has 1 aliphatic rings. The maximum Gasteiger partial charge on any atom is 0.162 e. The number of hydrogen-bond donors (Lipinski definition) is 1. The van der Waals surface area contributed by atoms with Gasteiger partial charge in [-0.2, -0.15) is 0 Å². The first-order valence-electron chi connectivity index (χ1n) is 4.45. The first-order valence-corrected chi connectivity index (χ1v) is 4.45. The lowest BCUT2D eigenvalue weighted by Crippen LogP contribution is -2.16. The second kappa shape index (κ2) is 3.42. The van der Waals surface area contributed by atoms with Gasteiger partial charge in [0.1, 0.15) is 0 Å². The van der Waals surface area contributed by atoms with Crippen LogP contribution in [0, 0.1) is 11.6 Å². The highest BCUT2D eigenvalue weighted by Crippen LogP contribution is 2.19. The Hall–Kier alpha value is -0.960. The summed E-state index contributed by atoms with van der Waals surface area (Å²) in [6.07, 6.45) is 1.37. The summed E-state index contributed by atoms with van der Waals surface area (Å²) in [4.78, 5) is 0. The van der Waals surface area contributed by atoms with Crippen LogP contribution in [0.5, 0.6) is 0 Å². The highest BCUT2D eigenvalue weighted by Gasteiger charge is 2.14. The van der Waals surface area contributed by atoms with E-state index < -0.39 is 11.6 Å². The van der Waals surface area contributed by atoms with Crippen molar-refractivity contribution in [1.29, 1.82) is 0 Å². The van der Waals surface area contributed by atoms with Crippen molar-refractivity contribution >= 4 is 0 Å². The van der Waals surface area contributed by atoms with Gasteiger partial charge in [0, 0.05) is 0 Å². The topological polar surface area (TPSA) is 12.0 Å². The van der Waals surface area contributed by atoms with Gasteiger partial charge in [-0.05, 0) is 43.1 Å². The molecular weight excluding hydrogens is 172 g/mol. The van der Waals surface area contributed by atoms with Crippen LogP contribution in [-0.2, 0) is 12.8 Å². The maximum atomic E-state index is 13.3. The Labute approximate surface area is 75.8 Å². The molecule has 1 nitrogen and oxygen atoms in total. The summed E-state index contributed by atoms with van der Waals surface area (Å²) in [6.45, 7) is 1.57. The van der Waals surface area contributed by atoms with Crippen LogP contribution in [-0.4, -0.2) is 13.1 Å². The third kappa shape index (κ3) is 1.56. The Morgan fingerprint density at radius 1 is 1.08 bits per heavy atom. The minimum absolute atomic E-state index is 0.546. The van der Waals surface area contributed by atoms with Crippen LogP contribution in [0.25, 0.3) is 0 Å². The zero-order chi connectivity index (χ0) is 9.26. The van der Waals surface area contributed by atoms with Gasteiger partial charge in [0.15, 0.2) is 11.6 Å². The molecule has 13 heavy (non-hydrogen) atoms. The van der Waals surface area contributed by atoms with Gasteiger partial charge in [0.25, 0.3) is 0 Å². The maximum absolute atomic E-state index is 13.3. The van der Waals surface area contributed by atoms with Crippen LogP contribution >= 0.6 is 0 Å². The van der Waals surface area contributed by atoms with Gasteiger partial charge in [-0.1, -0.05) is 6.07 Å². The third-order valence-corrected chi connectivity index (χ3v) is 2.42. The van der Waals surface area contributed by atoms with E-state index in [1.807, 2.05) is 0 Å². The van der Waals surface area contributed by atoms with E-state index in [9.17, 15) is 8.78 Å². The Bertz CT molecular complexity index is 323. The molecule has 0 unspecified atom stereocenters. The lowest BCUT2D eigenvalue weighted by atomic mass is 10.0. The molecule has 0 saturated carbocycles. The molecule has 0 atom stereocenters. The third-order valence-electron chi connectivity index (χ3n) is 2.42. The van der Waals surface area contributed by atoms with E-state index in [0.717, 1.165) is 25.1 Å². The van der Waals surface area contributed by atoms with Crippen LogP contribution in [0.2, 0.25) is 0 Å². The predicted molar refractivity (Wildman–Crippen MR) is 46.6 cm³/mol. The van der Waals surface area contributed by atoms with Crippen molar-refractivity contribution in [2.45, 2.75) is 12.8 Å². The van der Waals surface area contributed by atoms with Crippen molar-refractivity contribution in [1.82, 2.24) is 5.32 Å². The van der Waals surface area contributed by atoms with E-state index in [0.29, 0.717) is 12.0 Å². The standard InChI is InChI=1S/C10H11F2N/c11-9-2-1-7-3-5-13-6-4-8(7)10(9)12/h1-2,13H,3-6H2. The van der Waals surface area contributed by atoms with Gasteiger partial charge in [-0.3, -0.25) is 0 Å². The van der Waals surface area contributed by atoms with Gasteiger partial charge in [-0.15, -0.1) is 0 Å². The summed E-state index contributed by atoms with van der Waals surface area (Å²) in [5, 5.41) is 3.15. The van der Waals surface area contributed by atoms with Crippen LogP contribution in [0.4, 0.5) is 8.78 Å². The first kappa shape index (κ1) is 8.63. The molecule has 0 bridgehead atoms. The molecule has 1 N–H and O–H groups in total. The second-order valence-corrected chi connectivity index (χ2v) is 3.25. The molecule has 70 valence electrons. The molecule has 0 saturated heterocycles. The summed E-state index contributed by atoms with van der Waals surface area (Å²) in [5.74, 6) is -1.40. The molecule has 0 aromatic heterocycles. The molecule has 0 fully saturated rings. The van der Waals surface area contributed by atoms with Crippen molar-refractivity contribution in [2.24, 2.45) is 0 Å². The molecule has 1 aromatic rings. The quantitative estimate of drug-likeness (QED) is 0.645. The highest BCUT2D eigenvalue weighted by molar-refractivity contribution is 5.31.